The highest BCUT2D eigenvalue weighted by Crippen LogP contribution is 2.32. The van der Waals surface area contributed by atoms with E-state index < -0.39 is 5.97 Å². The van der Waals surface area contributed by atoms with E-state index in [4.69, 9.17) is 14.2 Å². The number of carbonyl (C=O) groups excluding carboxylic acids is 1. The third-order valence-corrected chi connectivity index (χ3v) is 2.78. The number of rotatable bonds is 5. The fourth-order valence-corrected chi connectivity index (χ4v) is 1.85. The molecule has 0 saturated heterocycles. The molecular weight excluding hydrogens is 246 g/mol. The number of aromatic nitrogens is 1. The fourth-order valence-electron chi connectivity index (χ4n) is 1.85. The molecule has 2 rings (SSSR count). The van der Waals surface area contributed by atoms with Crippen LogP contribution in [0.2, 0.25) is 0 Å². The Bertz CT molecular complexity index is 588. The molecule has 0 saturated carbocycles. The van der Waals surface area contributed by atoms with Gasteiger partial charge in [-0.05, 0) is 12.5 Å². The zero-order valence-electron chi connectivity index (χ0n) is 11.3. The molecule has 2 aromatic rings. The first kappa shape index (κ1) is 13.3. The maximum Gasteiger partial charge on any atom is 0.354 e. The Kier molecular flexibility index (Phi) is 3.94. The van der Waals surface area contributed by atoms with Gasteiger partial charge in [0.2, 0.25) is 0 Å². The first-order valence-electron chi connectivity index (χ1n) is 6.11. The van der Waals surface area contributed by atoms with Crippen molar-refractivity contribution in [2.75, 3.05) is 20.8 Å². The lowest BCUT2D eigenvalue weighted by molar-refractivity contribution is 0.0595. The van der Waals surface area contributed by atoms with Gasteiger partial charge in [0.15, 0.2) is 0 Å². The van der Waals surface area contributed by atoms with E-state index in [-0.39, 0.29) is 0 Å². The van der Waals surface area contributed by atoms with Gasteiger partial charge >= 0.3 is 5.97 Å². The average molecular weight is 263 g/mol. The van der Waals surface area contributed by atoms with Gasteiger partial charge in [-0.2, -0.15) is 0 Å². The van der Waals surface area contributed by atoms with Crippen molar-refractivity contribution in [2.45, 2.75) is 13.3 Å². The predicted molar refractivity (Wildman–Crippen MR) is 72.0 cm³/mol. The molecule has 19 heavy (non-hydrogen) atoms. The smallest absolute Gasteiger partial charge is 0.354 e. The van der Waals surface area contributed by atoms with Crippen LogP contribution in [0.25, 0.3) is 10.9 Å². The van der Waals surface area contributed by atoms with Crippen LogP contribution in [0.3, 0.4) is 0 Å². The number of H-pyrrole nitrogens is 1. The first-order chi connectivity index (χ1) is 9.19. The molecule has 102 valence electrons. The first-order valence-corrected chi connectivity index (χ1v) is 6.11. The molecule has 0 spiro atoms. The Labute approximate surface area is 111 Å². The van der Waals surface area contributed by atoms with Crippen LogP contribution in [0.1, 0.15) is 23.8 Å². The molecule has 1 heterocycles. The van der Waals surface area contributed by atoms with Crippen molar-refractivity contribution in [2.24, 2.45) is 0 Å². The van der Waals surface area contributed by atoms with Crippen LogP contribution in [0.5, 0.6) is 11.5 Å². The Morgan fingerprint density at radius 1 is 1.26 bits per heavy atom. The van der Waals surface area contributed by atoms with Crippen molar-refractivity contribution in [1.82, 2.24) is 4.98 Å². The van der Waals surface area contributed by atoms with Crippen molar-refractivity contribution in [3.8, 4) is 11.5 Å². The second-order valence-electron chi connectivity index (χ2n) is 4.11. The molecule has 1 aromatic heterocycles. The molecule has 5 heteroatoms. The molecule has 0 aliphatic rings. The van der Waals surface area contributed by atoms with Crippen molar-refractivity contribution < 1.29 is 19.0 Å². The van der Waals surface area contributed by atoms with Gasteiger partial charge in [-0.25, -0.2) is 4.79 Å². The zero-order valence-corrected chi connectivity index (χ0v) is 11.3. The highest BCUT2D eigenvalue weighted by molar-refractivity contribution is 5.97. The van der Waals surface area contributed by atoms with Crippen LogP contribution in [0, 0.1) is 0 Å². The molecule has 1 aromatic carbocycles. The third kappa shape index (κ3) is 2.65. The average Bonchev–Trinajstić information content (AvgIpc) is 2.87. The van der Waals surface area contributed by atoms with Crippen molar-refractivity contribution in [3.05, 3.63) is 23.9 Å². The number of esters is 1. The fraction of sp³-hybridized carbons (Fsp3) is 0.357. The number of ether oxygens (including phenoxy) is 3. The molecule has 5 nitrogen and oxygen atoms in total. The lowest BCUT2D eigenvalue weighted by atomic mass is 10.2. The number of hydrogen-bond donors (Lipinski definition) is 1. The maximum atomic E-state index is 11.5. The topological polar surface area (TPSA) is 60.5 Å². The van der Waals surface area contributed by atoms with Gasteiger partial charge in [0.1, 0.15) is 17.2 Å². The van der Waals surface area contributed by atoms with E-state index in [1.54, 1.807) is 13.2 Å². The summed E-state index contributed by atoms with van der Waals surface area (Å²) in [6.45, 7) is 2.65. The van der Waals surface area contributed by atoms with Crippen molar-refractivity contribution in [1.29, 1.82) is 0 Å². The van der Waals surface area contributed by atoms with Gasteiger partial charge in [-0.3, -0.25) is 0 Å². The Morgan fingerprint density at radius 2 is 2.05 bits per heavy atom. The number of fused-ring (bicyclic) bond motifs is 1. The van der Waals surface area contributed by atoms with Crippen molar-refractivity contribution in [3.63, 3.8) is 0 Å². The number of hydrogen-bond acceptors (Lipinski definition) is 4. The van der Waals surface area contributed by atoms with E-state index in [0.717, 1.165) is 17.3 Å². The number of aromatic amines is 1. The molecule has 0 aliphatic carbocycles. The van der Waals surface area contributed by atoms with Gasteiger partial charge in [0.05, 0.1) is 26.3 Å². The minimum Gasteiger partial charge on any atom is -0.497 e. The summed E-state index contributed by atoms with van der Waals surface area (Å²) in [7, 11) is 2.94. The minimum absolute atomic E-state index is 0.395. The van der Waals surface area contributed by atoms with E-state index in [1.165, 1.54) is 7.11 Å². The predicted octanol–water partition coefficient (Wildman–Crippen LogP) is 2.75. The molecule has 0 unspecified atom stereocenters. The molecule has 0 bridgehead atoms. The lowest BCUT2D eigenvalue weighted by Gasteiger charge is -2.08. The SMILES string of the molecule is CCCOc1cc(OC)cc2[nH]c(C(=O)OC)cc12. The van der Waals surface area contributed by atoms with Gasteiger partial charge in [-0.1, -0.05) is 6.92 Å². The minimum atomic E-state index is -0.406. The molecule has 0 atom stereocenters. The second kappa shape index (κ2) is 5.65. The van der Waals surface area contributed by atoms with Gasteiger partial charge in [-0.15, -0.1) is 0 Å². The zero-order chi connectivity index (χ0) is 13.8. The molecule has 1 N–H and O–H groups in total. The van der Waals surface area contributed by atoms with Crippen molar-refractivity contribution >= 4 is 16.9 Å². The Morgan fingerprint density at radius 3 is 2.68 bits per heavy atom. The number of benzene rings is 1. The number of carbonyl (C=O) groups is 1. The highest BCUT2D eigenvalue weighted by atomic mass is 16.5. The molecule has 0 radical (unpaired) electrons. The van der Waals surface area contributed by atoms with Crippen LogP contribution in [-0.4, -0.2) is 31.8 Å². The van der Waals surface area contributed by atoms with Crippen LogP contribution in [0.15, 0.2) is 18.2 Å². The van der Waals surface area contributed by atoms with Crippen LogP contribution >= 0.6 is 0 Å². The monoisotopic (exact) mass is 263 g/mol. The quantitative estimate of drug-likeness (QED) is 0.843. The third-order valence-electron chi connectivity index (χ3n) is 2.78. The highest BCUT2D eigenvalue weighted by Gasteiger charge is 2.14. The Balaban J connectivity index is 2.51. The number of nitrogens with one attached hydrogen (secondary N) is 1. The van der Waals surface area contributed by atoms with E-state index in [9.17, 15) is 4.79 Å². The van der Waals surface area contributed by atoms with E-state index in [2.05, 4.69) is 4.98 Å². The molecule has 0 aliphatic heterocycles. The molecule has 0 fully saturated rings. The summed E-state index contributed by atoms with van der Waals surface area (Å²) in [5.41, 5.74) is 1.18. The largest absolute Gasteiger partial charge is 0.497 e. The summed E-state index contributed by atoms with van der Waals surface area (Å²) < 4.78 is 15.6. The summed E-state index contributed by atoms with van der Waals surface area (Å²) in [5, 5.41) is 0.842. The van der Waals surface area contributed by atoms with Gasteiger partial charge in [0.25, 0.3) is 0 Å². The molecule has 0 amide bonds. The van der Waals surface area contributed by atoms with E-state index in [1.807, 2.05) is 19.1 Å². The number of methoxy groups -OCH3 is 2. The van der Waals surface area contributed by atoms with Crippen LogP contribution < -0.4 is 9.47 Å². The summed E-state index contributed by atoms with van der Waals surface area (Å²) in [6, 6.07) is 5.36. The summed E-state index contributed by atoms with van der Waals surface area (Å²) >= 11 is 0. The summed E-state index contributed by atoms with van der Waals surface area (Å²) in [6.07, 6.45) is 0.910. The standard InChI is InChI=1S/C14H17NO4/c1-4-5-19-13-7-9(17-2)6-11-10(13)8-12(15-11)14(16)18-3/h6-8,15H,4-5H2,1-3H3. The molecular formula is C14H17NO4. The maximum absolute atomic E-state index is 11.5. The van der Waals surface area contributed by atoms with Crippen LogP contribution in [-0.2, 0) is 4.74 Å². The lowest BCUT2D eigenvalue weighted by Crippen LogP contribution is -2.00. The van der Waals surface area contributed by atoms with Crippen LogP contribution in [0.4, 0.5) is 0 Å². The second-order valence-corrected chi connectivity index (χ2v) is 4.11. The van der Waals surface area contributed by atoms with E-state index in [0.29, 0.717) is 23.8 Å². The normalized spacial score (nSPS) is 10.5. The Hall–Kier alpha value is -2.17. The van der Waals surface area contributed by atoms with Gasteiger partial charge in [0, 0.05) is 17.5 Å². The summed E-state index contributed by atoms with van der Waals surface area (Å²) in [5.74, 6) is 0.969. The van der Waals surface area contributed by atoms with E-state index >= 15 is 0 Å². The van der Waals surface area contributed by atoms with Gasteiger partial charge < -0.3 is 19.2 Å². The summed E-state index contributed by atoms with van der Waals surface area (Å²) in [4.78, 5) is 14.5.